The summed E-state index contributed by atoms with van der Waals surface area (Å²) in [5.41, 5.74) is 5.23. The first-order valence-corrected chi connectivity index (χ1v) is 12.7. The van der Waals surface area contributed by atoms with Crippen molar-refractivity contribution in [2.45, 2.75) is 90.1 Å². The highest BCUT2D eigenvalue weighted by Crippen LogP contribution is 2.25. The number of nitrogens with two attached hydrogens (primary N) is 1. The molecule has 0 aromatic rings. The second-order valence-electron chi connectivity index (χ2n) is 10.4. The van der Waals surface area contributed by atoms with E-state index in [0.29, 0.717) is 32.2 Å². The molecule has 9 nitrogen and oxygen atoms in total. The van der Waals surface area contributed by atoms with Gasteiger partial charge >= 0.3 is 12.1 Å². The van der Waals surface area contributed by atoms with E-state index in [0.717, 1.165) is 12.0 Å². The first kappa shape index (κ1) is 29.6. The van der Waals surface area contributed by atoms with Gasteiger partial charge in [0.2, 0.25) is 5.91 Å². The number of primary amides is 1. The molecular formula is C27H42N2O7. The largest absolute Gasteiger partial charge is 0.457 e. The fourth-order valence-electron chi connectivity index (χ4n) is 4.43. The SMILES string of the molecule is C/C(=C\C=C\[C@@H](C)COC(=O)N1CCC[C@H]1C(N)=O)[C@H]1OC(=O)C[C@H](O)CC[C@@](C)(O)C/C=C/[C@@H]1C. The quantitative estimate of drug-likeness (QED) is 0.286. The Kier molecular flexibility index (Phi) is 11.2. The molecule has 0 spiro atoms. The van der Waals surface area contributed by atoms with Gasteiger partial charge in [0.1, 0.15) is 12.1 Å². The second kappa shape index (κ2) is 13.6. The van der Waals surface area contributed by atoms with E-state index < -0.39 is 41.8 Å². The molecule has 9 heteroatoms. The van der Waals surface area contributed by atoms with Crippen LogP contribution in [0.1, 0.15) is 66.2 Å². The molecule has 1 fully saturated rings. The Morgan fingerprint density at radius 3 is 2.81 bits per heavy atom. The molecule has 0 aromatic heterocycles. The molecule has 2 amide bonds. The average Bonchev–Trinajstić information content (AvgIpc) is 3.29. The molecule has 2 aliphatic heterocycles. The van der Waals surface area contributed by atoms with Gasteiger partial charge in [-0.3, -0.25) is 14.5 Å². The van der Waals surface area contributed by atoms with Gasteiger partial charge in [-0.25, -0.2) is 4.79 Å². The number of allylic oxidation sites excluding steroid dienone is 2. The number of carbonyl (C=O) groups is 3. The van der Waals surface area contributed by atoms with Crippen molar-refractivity contribution in [1.29, 1.82) is 0 Å². The van der Waals surface area contributed by atoms with Crippen molar-refractivity contribution in [3.63, 3.8) is 0 Å². The van der Waals surface area contributed by atoms with Crippen molar-refractivity contribution in [1.82, 2.24) is 4.90 Å². The van der Waals surface area contributed by atoms with Gasteiger partial charge in [-0.2, -0.15) is 0 Å². The molecule has 36 heavy (non-hydrogen) atoms. The van der Waals surface area contributed by atoms with Crippen molar-refractivity contribution in [3.05, 3.63) is 36.0 Å². The molecule has 0 bridgehead atoms. The lowest BCUT2D eigenvalue weighted by molar-refractivity contribution is -0.151. The van der Waals surface area contributed by atoms with Crippen molar-refractivity contribution < 1.29 is 34.1 Å². The molecule has 0 aromatic carbocycles. The standard InChI is InChI=1S/C27H42N2O7/c1-18(17-35-26(33)29-15-7-11-22(29)25(28)32)8-5-9-19(2)24-20(3)10-6-13-27(4,34)14-12-21(30)16-23(31)36-24/h5-6,8-10,18,20-22,24,30,34H,7,11-17H2,1-4H3,(H2,28,32)/b8-5+,10-6+,19-9+/t18-,20+,21-,22+,24-,27+/m1/s1. The number of rotatable bonds is 6. The first-order chi connectivity index (χ1) is 16.9. The van der Waals surface area contributed by atoms with Gasteiger partial charge in [-0.15, -0.1) is 0 Å². The number of carbonyl (C=O) groups excluding carboxylic acids is 3. The number of hydrogen-bond acceptors (Lipinski definition) is 7. The predicted octanol–water partition coefficient (Wildman–Crippen LogP) is 3.00. The van der Waals surface area contributed by atoms with E-state index in [2.05, 4.69) is 0 Å². The number of cyclic esters (lactones) is 1. The number of hydrogen-bond donors (Lipinski definition) is 3. The van der Waals surface area contributed by atoms with Gasteiger partial charge in [-0.05, 0) is 51.5 Å². The number of esters is 1. The van der Waals surface area contributed by atoms with E-state index in [1.807, 2.05) is 51.2 Å². The van der Waals surface area contributed by atoms with Gasteiger partial charge < -0.3 is 25.4 Å². The van der Waals surface area contributed by atoms with E-state index >= 15 is 0 Å². The number of likely N-dealkylation sites (tertiary alicyclic amines) is 1. The maximum atomic E-state index is 12.4. The van der Waals surface area contributed by atoms with Crippen LogP contribution in [-0.2, 0) is 19.1 Å². The van der Waals surface area contributed by atoms with Crippen molar-refractivity contribution in [2.24, 2.45) is 17.6 Å². The normalized spacial score (nSPS) is 32.3. The van der Waals surface area contributed by atoms with Gasteiger partial charge in [0, 0.05) is 18.4 Å². The summed E-state index contributed by atoms with van der Waals surface area (Å²) in [4.78, 5) is 37.6. The maximum Gasteiger partial charge on any atom is 0.410 e. The van der Waals surface area contributed by atoms with Crippen LogP contribution in [0.3, 0.4) is 0 Å². The molecule has 4 N–H and O–H groups in total. The fraction of sp³-hybridized carbons (Fsp3) is 0.667. The Labute approximate surface area is 214 Å². The molecule has 2 rings (SSSR count). The Balaban J connectivity index is 1.99. The Morgan fingerprint density at radius 1 is 1.39 bits per heavy atom. The topological polar surface area (TPSA) is 139 Å². The minimum atomic E-state index is -0.946. The minimum absolute atomic E-state index is 0.0822. The van der Waals surface area contributed by atoms with Crippen molar-refractivity contribution >= 4 is 18.0 Å². The fourth-order valence-corrected chi connectivity index (χ4v) is 4.43. The maximum absolute atomic E-state index is 12.4. The zero-order valence-corrected chi connectivity index (χ0v) is 21.9. The van der Waals surface area contributed by atoms with Crippen LogP contribution in [0.5, 0.6) is 0 Å². The van der Waals surface area contributed by atoms with Crippen LogP contribution in [0, 0.1) is 11.8 Å². The number of amides is 2. The minimum Gasteiger partial charge on any atom is -0.457 e. The third kappa shape index (κ3) is 9.43. The molecule has 0 saturated carbocycles. The molecule has 0 aliphatic carbocycles. The van der Waals surface area contributed by atoms with Crippen molar-refractivity contribution in [2.75, 3.05) is 13.2 Å². The molecule has 0 radical (unpaired) electrons. The number of aliphatic hydroxyl groups is 2. The molecule has 0 unspecified atom stereocenters. The summed E-state index contributed by atoms with van der Waals surface area (Å²) in [6.07, 6.45) is 9.77. The van der Waals surface area contributed by atoms with Gasteiger partial charge in [0.25, 0.3) is 0 Å². The van der Waals surface area contributed by atoms with Crippen LogP contribution in [0.4, 0.5) is 4.79 Å². The average molecular weight is 507 g/mol. The highest BCUT2D eigenvalue weighted by molar-refractivity contribution is 5.84. The predicted molar refractivity (Wildman–Crippen MR) is 136 cm³/mol. The third-order valence-electron chi connectivity index (χ3n) is 6.68. The Morgan fingerprint density at radius 2 is 2.11 bits per heavy atom. The van der Waals surface area contributed by atoms with E-state index in [-0.39, 0.29) is 24.9 Å². The van der Waals surface area contributed by atoms with Crippen LogP contribution >= 0.6 is 0 Å². The van der Waals surface area contributed by atoms with Gasteiger partial charge in [0.05, 0.1) is 24.7 Å². The van der Waals surface area contributed by atoms with E-state index in [1.54, 1.807) is 6.92 Å². The number of ether oxygens (including phenoxy) is 2. The lowest BCUT2D eigenvalue weighted by atomic mass is 9.91. The van der Waals surface area contributed by atoms with E-state index in [9.17, 15) is 24.6 Å². The summed E-state index contributed by atoms with van der Waals surface area (Å²) >= 11 is 0. The second-order valence-corrected chi connectivity index (χ2v) is 10.4. The zero-order valence-electron chi connectivity index (χ0n) is 21.9. The molecule has 2 aliphatic rings. The molecule has 2 heterocycles. The lowest BCUT2D eigenvalue weighted by Crippen LogP contribution is -2.44. The molecular weight excluding hydrogens is 464 g/mol. The molecule has 6 atom stereocenters. The van der Waals surface area contributed by atoms with Crippen LogP contribution in [0.15, 0.2) is 36.0 Å². The summed E-state index contributed by atoms with van der Waals surface area (Å²) in [7, 11) is 0. The van der Waals surface area contributed by atoms with Crippen LogP contribution in [-0.4, -0.2) is 70.1 Å². The van der Waals surface area contributed by atoms with Crippen LogP contribution in [0.2, 0.25) is 0 Å². The Hall–Kier alpha value is -2.65. The number of nitrogens with zero attached hydrogens (tertiary/aromatic N) is 1. The van der Waals surface area contributed by atoms with Gasteiger partial charge in [-0.1, -0.05) is 44.2 Å². The highest BCUT2D eigenvalue weighted by Gasteiger charge is 2.33. The summed E-state index contributed by atoms with van der Waals surface area (Å²) < 4.78 is 11.1. The number of aliphatic hydroxyl groups excluding tert-OH is 1. The Bertz CT molecular complexity index is 864. The summed E-state index contributed by atoms with van der Waals surface area (Å²) in [6.45, 7) is 8.04. The highest BCUT2D eigenvalue weighted by atomic mass is 16.6. The summed E-state index contributed by atoms with van der Waals surface area (Å²) in [5, 5.41) is 20.7. The summed E-state index contributed by atoms with van der Waals surface area (Å²) in [6, 6.07) is -0.606. The molecule has 1 saturated heterocycles. The lowest BCUT2D eigenvalue weighted by Gasteiger charge is -2.27. The zero-order chi connectivity index (χ0) is 26.9. The van der Waals surface area contributed by atoms with Crippen molar-refractivity contribution in [3.8, 4) is 0 Å². The van der Waals surface area contributed by atoms with E-state index in [4.69, 9.17) is 15.2 Å². The molecule has 202 valence electrons. The first-order valence-electron chi connectivity index (χ1n) is 12.7. The van der Waals surface area contributed by atoms with Crippen LogP contribution in [0.25, 0.3) is 0 Å². The summed E-state index contributed by atoms with van der Waals surface area (Å²) in [5.74, 6) is -1.22. The monoisotopic (exact) mass is 506 g/mol. The third-order valence-corrected chi connectivity index (χ3v) is 6.68. The van der Waals surface area contributed by atoms with E-state index in [1.165, 1.54) is 4.90 Å². The smallest absolute Gasteiger partial charge is 0.410 e. The van der Waals surface area contributed by atoms with Crippen LogP contribution < -0.4 is 5.73 Å². The van der Waals surface area contributed by atoms with Gasteiger partial charge in [0.15, 0.2) is 0 Å².